The van der Waals surface area contributed by atoms with E-state index >= 15 is 0 Å². The normalized spacial score (nSPS) is 19.6. The van der Waals surface area contributed by atoms with Crippen LogP contribution in [0.5, 0.6) is 0 Å². The number of nitrogens with one attached hydrogen (secondary N) is 3. The zero-order valence-corrected chi connectivity index (χ0v) is 22.2. The molecule has 0 amide bonds. The van der Waals surface area contributed by atoms with E-state index < -0.39 is 0 Å². The van der Waals surface area contributed by atoms with Gasteiger partial charge in [0.1, 0.15) is 11.4 Å². The van der Waals surface area contributed by atoms with E-state index in [0.29, 0.717) is 22.5 Å². The minimum Gasteiger partial charge on any atom is -0.382 e. The molecule has 0 bridgehead atoms. The van der Waals surface area contributed by atoms with Gasteiger partial charge in [0.15, 0.2) is 0 Å². The lowest BCUT2D eigenvalue weighted by molar-refractivity contribution is 0.195. The molecule has 6 rings (SSSR count). The first kappa shape index (κ1) is 24.3. The Morgan fingerprint density at radius 2 is 1.81 bits per heavy atom. The van der Waals surface area contributed by atoms with Crippen molar-refractivity contribution in [1.82, 2.24) is 24.8 Å². The van der Waals surface area contributed by atoms with Gasteiger partial charge in [0.25, 0.3) is 5.56 Å². The zero-order valence-electron chi connectivity index (χ0n) is 21.5. The molecule has 2 aromatic carbocycles. The molecule has 2 fully saturated rings. The number of hydrogen-bond acceptors (Lipinski definition) is 6. The number of benzene rings is 2. The van der Waals surface area contributed by atoms with Crippen LogP contribution in [0.4, 0.5) is 11.4 Å². The van der Waals surface area contributed by atoms with E-state index in [0.717, 1.165) is 79.0 Å². The van der Waals surface area contributed by atoms with Gasteiger partial charge >= 0.3 is 0 Å². The summed E-state index contributed by atoms with van der Waals surface area (Å²) in [4.78, 5) is 32.0. The molecule has 3 N–H and O–H groups in total. The standard InChI is InChI=1S/C28H34ClN7O/c1-34-11-13-36(14-12-34)19-7-9-23-24(16-19)32-27(31-23)25-26(30-17-20-5-3-4-10-35(20)2)21-15-18(29)6-8-22(21)33-28(25)37/h6-9,15-16,20H,3-5,10-14,17H2,1-2H3,(H,31,32)(H2,30,33,37). The van der Waals surface area contributed by atoms with Crippen LogP contribution in [-0.4, -0.2) is 84.2 Å². The second kappa shape index (κ2) is 10.0. The summed E-state index contributed by atoms with van der Waals surface area (Å²) in [6.07, 6.45) is 3.60. The molecule has 1 atom stereocenters. The lowest BCUT2D eigenvalue weighted by atomic mass is 10.0. The van der Waals surface area contributed by atoms with E-state index in [2.05, 4.69) is 62.3 Å². The van der Waals surface area contributed by atoms with Gasteiger partial charge in [0.2, 0.25) is 0 Å². The van der Waals surface area contributed by atoms with Gasteiger partial charge in [-0.15, -0.1) is 0 Å². The van der Waals surface area contributed by atoms with Crippen molar-refractivity contribution < 1.29 is 0 Å². The highest BCUT2D eigenvalue weighted by atomic mass is 35.5. The summed E-state index contributed by atoms with van der Waals surface area (Å²) < 4.78 is 0. The Bertz CT molecular complexity index is 1490. The number of aromatic nitrogens is 3. The van der Waals surface area contributed by atoms with Crippen LogP contribution >= 0.6 is 11.6 Å². The van der Waals surface area contributed by atoms with Crippen LogP contribution in [-0.2, 0) is 0 Å². The van der Waals surface area contributed by atoms with Gasteiger partial charge in [-0.25, -0.2) is 4.98 Å². The number of H-pyrrole nitrogens is 2. The van der Waals surface area contributed by atoms with E-state index in [1.807, 2.05) is 12.1 Å². The quantitative estimate of drug-likeness (QED) is 0.363. The van der Waals surface area contributed by atoms with Crippen molar-refractivity contribution in [2.75, 3.05) is 63.6 Å². The lowest BCUT2D eigenvalue weighted by Crippen LogP contribution is -2.44. The highest BCUT2D eigenvalue weighted by Crippen LogP contribution is 2.33. The smallest absolute Gasteiger partial charge is 0.261 e. The number of fused-ring (bicyclic) bond motifs is 2. The summed E-state index contributed by atoms with van der Waals surface area (Å²) in [6, 6.07) is 12.3. The third kappa shape index (κ3) is 4.81. The van der Waals surface area contributed by atoms with Gasteiger partial charge in [-0.1, -0.05) is 18.0 Å². The largest absolute Gasteiger partial charge is 0.382 e. The van der Waals surface area contributed by atoms with Crippen LogP contribution in [0, 0.1) is 0 Å². The molecular formula is C28H34ClN7O. The van der Waals surface area contributed by atoms with E-state index in [4.69, 9.17) is 16.6 Å². The first-order valence-electron chi connectivity index (χ1n) is 13.2. The highest BCUT2D eigenvalue weighted by molar-refractivity contribution is 6.31. The Morgan fingerprint density at radius 1 is 1.00 bits per heavy atom. The van der Waals surface area contributed by atoms with Crippen molar-refractivity contribution in [3.63, 3.8) is 0 Å². The lowest BCUT2D eigenvalue weighted by Gasteiger charge is -2.34. The number of rotatable bonds is 5. The van der Waals surface area contributed by atoms with Gasteiger partial charge < -0.3 is 30.0 Å². The van der Waals surface area contributed by atoms with Gasteiger partial charge in [0, 0.05) is 54.9 Å². The molecule has 194 valence electrons. The van der Waals surface area contributed by atoms with Crippen LogP contribution < -0.4 is 15.8 Å². The van der Waals surface area contributed by atoms with Crippen LogP contribution in [0.25, 0.3) is 33.3 Å². The van der Waals surface area contributed by atoms with Crippen molar-refractivity contribution in [3.05, 3.63) is 51.8 Å². The number of piperidine rings is 1. The van der Waals surface area contributed by atoms with Crippen LogP contribution in [0.3, 0.4) is 0 Å². The Morgan fingerprint density at radius 3 is 2.62 bits per heavy atom. The number of anilines is 2. The maximum Gasteiger partial charge on any atom is 0.261 e. The molecule has 2 saturated heterocycles. The fourth-order valence-electron chi connectivity index (χ4n) is 5.67. The molecule has 4 heterocycles. The molecule has 2 aliphatic heterocycles. The van der Waals surface area contributed by atoms with Crippen molar-refractivity contribution >= 4 is 44.9 Å². The number of pyridine rings is 1. The molecule has 37 heavy (non-hydrogen) atoms. The van der Waals surface area contributed by atoms with Crippen molar-refractivity contribution in [2.24, 2.45) is 0 Å². The summed E-state index contributed by atoms with van der Waals surface area (Å²) in [5, 5.41) is 5.16. The Balaban J connectivity index is 1.41. The molecule has 2 aliphatic rings. The molecule has 0 spiro atoms. The Labute approximate surface area is 221 Å². The fraction of sp³-hybridized carbons (Fsp3) is 0.429. The van der Waals surface area contributed by atoms with E-state index in [-0.39, 0.29) is 5.56 Å². The van der Waals surface area contributed by atoms with Gasteiger partial charge in [-0.2, -0.15) is 0 Å². The van der Waals surface area contributed by atoms with Crippen molar-refractivity contribution in [3.8, 4) is 11.4 Å². The van der Waals surface area contributed by atoms with E-state index in [1.165, 1.54) is 12.8 Å². The molecular weight excluding hydrogens is 486 g/mol. The Hall–Kier alpha value is -3.07. The zero-order chi connectivity index (χ0) is 25.5. The highest BCUT2D eigenvalue weighted by Gasteiger charge is 2.23. The van der Waals surface area contributed by atoms with Crippen molar-refractivity contribution in [1.29, 1.82) is 0 Å². The number of aromatic amines is 2. The summed E-state index contributed by atoms with van der Waals surface area (Å²) in [7, 11) is 4.34. The first-order valence-corrected chi connectivity index (χ1v) is 13.6. The second-order valence-corrected chi connectivity index (χ2v) is 10.9. The number of imidazole rings is 1. The van der Waals surface area contributed by atoms with Crippen molar-refractivity contribution in [2.45, 2.75) is 25.3 Å². The molecule has 0 aliphatic carbocycles. The average Bonchev–Trinajstić information content (AvgIpc) is 3.31. The average molecular weight is 520 g/mol. The third-order valence-electron chi connectivity index (χ3n) is 7.98. The van der Waals surface area contributed by atoms with E-state index in [1.54, 1.807) is 6.07 Å². The minimum atomic E-state index is -0.173. The SMILES string of the molecule is CN1CCN(c2ccc3[nH]c(-c4c(NCC5CCCCN5C)c5cc(Cl)ccc5[nH]c4=O)nc3c2)CC1. The molecule has 2 aromatic heterocycles. The molecule has 4 aromatic rings. The molecule has 1 unspecified atom stereocenters. The predicted molar refractivity (Wildman–Crippen MR) is 153 cm³/mol. The van der Waals surface area contributed by atoms with Gasteiger partial charge in [-0.05, 0) is 69.9 Å². The Kier molecular flexibility index (Phi) is 6.56. The second-order valence-electron chi connectivity index (χ2n) is 10.5. The number of halogens is 1. The van der Waals surface area contributed by atoms with Crippen LogP contribution in [0.15, 0.2) is 41.2 Å². The molecule has 0 saturated carbocycles. The maximum atomic E-state index is 13.5. The van der Waals surface area contributed by atoms with Crippen LogP contribution in [0.2, 0.25) is 5.02 Å². The van der Waals surface area contributed by atoms with Gasteiger partial charge in [0.05, 0.1) is 22.2 Å². The first-order chi connectivity index (χ1) is 18.0. The summed E-state index contributed by atoms with van der Waals surface area (Å²) in [6.45, 7) is 5.93. The third-order valence-corrected chi connectivity index (χ3v) is 8.22. The minimum absolute atomic E-state index is 0.173. The number of likely N-dealkylation sites (N-methyl/N-ethyl adjacent to an activating group) is 2. The number of likely N-dealkylation sites (tertiary alicyclic amines) is 1. The summed E-state index contributed by atoms with van der Waals surface area (Å²) in [5.74, 6) is 0.563. The monoisotopic (exact) mass is 519 g/mol. The summed E-state index contributed by atoms with van der Waals surface area (Å²) in [5.41, 5.74) is 4.81. The predicted octanol–water partition coefficient (Wildman–Crippen LogP) is 4.37. The number of nitrogens with zero attached hydrogens (tertiary/aromatic N) is 4. The molecule has 8 nitrogen and oxygen atoms in total. The molecule has 9 heteroatoms. The van der Waals surface area contributed by atoms with Gasteiger partial charge in [-0.3, -0.25) is 4.79 Å². The maximum absolute atomic E-state index is 13.5. The fourth-order valence-corrected chi connectivity index (χ4v) is 5.84. The molecule has 0 radical (unpaired) electrons. The van der Waals surface area contributed by atoms with E-state index in [9.17, 15) is 4.79 Å². The topological polar surface area (TPSA) is 83.3 Å². The number of piperazine rings is 1. The summed E-state index contributed by atoms with van der Waals surface area (Å²) >= 11 is 6.41. The number of hydrogen-bond donors (Lipinski definition) is 3. The van der Waals surface area contributed by atoms with Crippen LogP contribution in [0.1, 0.15) is 19.3 Å².